The van der Waals surface area contributed by atoms with Gasteiger partial charge in [-0.3, -0.25) is 0 Å². The van der Waals surface area contributed by atoms with Crippen LogP contribution in [0.5, 0.6) is 0 Å². The van der Waals surface area contributed by atoms with Gasteiger partial charge in [0.2, 0.25) is 0 Å². The Hall–Kier alpha value is -0.970. The van der Waals surface area contributed by atoms with E-state index in [4.69, 9.17) is 14.2 Å². The topological polar surface area (TPSA) is 31.0 Å². The summed E-state index contributed by atoms with van der Waals surface area (Å²) in [6.45, 7) is 1.93. The van der Waals surface area contributed by atoms with E-state index in [1.807, 2.05) is 12.1 Å². The Morgan fingerprint density at radius 2 is 1.50 bits per heavy atom. The summed E-state index contributed by atoms with van der Waals surface area (Å²) >= 11 is 0. The normalized spacial score (nSPS) is 34.6. The van der Waals surface area contributed by atoms with Gasteiger partial charge in [0.1, 0.15) is 18.7 Å². The first-order chi connectivity index (χ1) is 12.8. The molecule has 0 radical (unpaired) electrons. The fourth-order valence-corrected chi connectivity index (χ4v) is 4.87. The van der Waals surface area contributed by atoms with Crippen LogP contribution in [0.2, 0.25) is 0 Å². The number of halogens is 1. The fraction of sp³-hybridized carbons (Fsp3) is 0.727. The van der Waals surface area contributed by atoms with Crippen LogP contribution in [0.1, 0.15) is 62.8 Å². The summed E-state index contributed by atoms with van der Waals surface area (Å²) in [5.74, 6) is 2.23. The zero-order valence-corrected chi connectivity index (χ0v) is 15.6. The maximum absolute atomic E-state index is 13.1. The first-order valence-electron chi connectivity index (χ1n) is 10.3. The molecule has 2 saturated carbocycles. The summed E-state index contributed by atoms with van der Waals surface area (Å²) in [5, 5.41) is 0. The minimum absolute atomic E-state index is 0.132. The van der Waals surface area contributed by atoms with Gasteiger partial charge in [-0.15, -0.1) is 0 Å². The highest BCUT2D eigenvalue weighted by molar-refractivity contribution is 5.20. The van der Waals surface area contributed by atoms with Crippen LogP contribution in [-0.2, 0) is 14.2 Å². The van der Waals surface area contributed by atoms with Gasteiger partial charge in [-0.2, -0.15) is 0 Å². The third-order valence-electron chi connectivity index (χ3n) is 6.59. The SMILES string of the molecule is Fc1ccc(C2CCC(C3CCC(OCOCC4CO4)CC3)CC2)cc1. The van der Waals surface area contributed by atoms with Crippen molar-refractivity contribution >= 4 is 0 Å². The molecule has 144 valence electrons. The predicted octanol–water partition coefficient (Wildman–Crippen LogP) is 5.05. The summed E-state index contributed by atoms with van der Waals surface area (Å²) in [5.41, 5.74) is 1.32. The molecule has 1 heterocycles. The molecule has 0 amide bonds. The highest BCUT2D eigenvalue weighted by atomic mass is 19.1. The molecular formula is C22H31FO3. The van der Waals surface area contributed by atoms with Crippen molar-refractivity contribution in [3.05, 3.63) is 35.6 Å². The molecular weight excluding hydrogens is 331 g/mol. The predicted molar refractivity (Wildman–Crippen MR) is 98.5 cm³/mol. The van der Waals surface area contributed by atoms with Gasteiger partial charge in [0, 0.05) is 0 Å². The standard InChI is InChI=1S/C22H31FO3/c23-20-9-5-18(6-10-20)16-1-3-17(4-2-16)19-7-11-21(12-8-19)26-15-24-13-22-14-25-22/h5-6,9-10,16-17,19,21-22H,1-4,7-8,11-15H2. The van der Waals surface area contributed by atoms with E-state index in [9.17, 15) is 4.39 Å². The lowest BCUT2D eigenvalue weighted by Gasteiger charge is -2.37. The van der Waals surface area contributed by atoms with Gasteiger partial charge in [-0.1, -0.05) is 12.1 Å². The lowest BCUT2D eigenvalue weighted by molar-refractivity contribution is -0.106. The van der Waals surface area contributed by atoms with Crippen molar-refractivity contribution in [2.24, 2.45) is 11.8 Å². The minimum atomic E-state index is -0.132. The molecule has 1 atom stereocenters. The van der Waals surface area contributed by atoms with Gasteiger partial charge in [0.15, 0.2) is 0 Å². The van der Waals surface area contributed by atoms with E-state index in [-0.39, 0.29) is 5.82 Å². The number of epoxide rings is 1. The van der Waals surface area contributed by atoms with Gasteiger partial charge in [-0.25, -0.2) is 4.39 Å². The summed E-state index contributed by atoms with van der Waals surface area (Å²) in [7, 11) is 0. The van der Waals surface area contributed by atoms with Crippen molar-refractivity contribution in [2.45, 2.75) is 69.5 Å². The average Bonchev–Trinajstić information content (AvgIpc) is 3.51. The molecule has 26 heavy (non-hydrogen) atoms. The zero-order chi connectivity index (χ0) is 17.8. The van der Waals surface area contributed by atoms with E-state index < -0.39 is 0 Å². The molecule has 2 aliphatic carbocycles. The maximum Gasteiger partial charge on any atom is 0.147 e. The first kappa shape index (κ1) is 18.4. The van der Waals surface area contributed by atoms with E-state index in [1.165, 1.54) is 56.9 Å². The Bertz CT molecular complexity index is 541. The lowest BCUT2D eigenvalue weighted by Crippen LogP contribution is -2.29. The molecule has 0 aromatic heterocycles. The molecule has 1 aromatic rings. The summed E-state index contributed by atoms with van der Waals surface area (Å²) in [6.07, 6.45) is 10.8. The van der Waals surface area contributed by atoms with Crippen LogP contribution in [0.3, 0.4) is 0 Å². The molecule has 0 N–H and O–H groups in total. The van der Waals surface area contributed by atoms with Crippen LogP contribution in [0, 0.1) is 17.7 Å². The van der Waals surface area contributed by atoms with E-state index in [1.54, 1.807) is 12.1 Å². The Kier molecular flexibility index (Phi) is 6.24. The molecule has 4 rings (SSSR count). The van der Waals surface area contributed by atoms with Crippen molar-refractivity contribution in [1.29, 1.82) is 0 Å². The molecule has 1 aliphatic heterocycles. The molecule has 3 nitrogen and oxygen atoms in total. The van der Waals surface area contributed by atoms with Crippen molar-refractivity contribution in [3.63, 3.8) is 0 Å². The van der Waals surface area contributed by atoms with E-state index in [0.29, 0.717) is 31.5 Å². The summed E-state index contributed by atoms with van der Waals surface area (Å²) in [4.78, 5) is 0. The molecule has 1 aromatic carbocycles. The van der Waals surface area contributed by atoms with Crippen LogP contribution in [0.15, 0.2) is 24.3 Å². The largest absolute Gasteiger partial charge is 0.371 e. The quantitative estimate of drug-likeness (QED) is 0.386. The van der Waals surface area contributed by atoms with Gasteiger partial charge < -0.3 is 14.2 Å². The first-order valence-corrected chi connectivity index (χ1v) is 10.3. The van der Waals surface area contributed by atoms with Gasteiger partial charge in [0.25, 0.3) is 0 Å². The molecule has 0 spiro atoms. The van der Waals surface area contributed by atoms with Crippen LogP contribution in [-0.4, -0.2) is 32.2 Å². The number of rotatable bonds is 7. The Morgan fingerprint density at radius 3 is 2.12 bits per heavy atom. The van der Waals surface area contributed by atoms with E-state index in [0.717, 1.165) is 18.4 Å². The highest BCUT2D eigenvalue weighted by Gasteiger charge is 2.31. The lowest BCUT2D eigenvalue weighted by atomic mass is 9.69. The summed E-state index contributed by atoms with van der Waals surface area (Å²) < 4.78 is 29.6. The molecule has 3 aliphatic rings. The van der Waals surface area contributed by atoms with Crippen LogP contribution in [0.25, 0.3) is 0 Å². The number of hydrogen-bond acceptors (Lipinski definition) is 3. The van der Waals surface area contributed by atoms with Crippen molar-refractivity contribution in [2.75, 3.05) is 20.0 Å². The second-order valence-corrected chi connectivity index (χ2v) is 8.31. The van der Waals surface area contributed by atoms with Crippen LogP contribution in [0.4, 0.5) is 4.39 Å². The maximum atomic E-state index is 13.1. The minimum Gasteiger partial charge on any atom is -0.371 e. The van der Waals surface area contributed by atoms with Gasteiger partial charge in [0.05, 0.1) is 19.3 Å². The Labute approximate surface area is 156 Å². The zero-order valence-electron chi connectivity index (χ0n) is 15.6. The second kappa shape index (κ2) is 8.81. The number of hydrogen-bond donors (Lipinski definition) is 0. The smallest absolute Gasteiger partial charge is 0.147 e. The Balaban J connectivity index is 1.14. The number of ether oxygens (including phenoxy) is 3. The fourth-order valence-electron chi connectivity index (χ4n) is 4.87. The molecule has 0 bridgehead atoms. The third kappa shape index (κ3) is 5.05. The van der Waals surface area contributed by atoms with Gasteiger partial charge >= 0.3 is 0 Å². The highest BCUT2D eigenvalue weighted by Crippen LogP contribution is 2.43. The molecule has 3 fully saturated rings. The number of benzene rings is 1. The van der Waals surface area contributed by atoms with Gasteiger partial charge in [-0.05, 0) is 86.8 Å². The van der Waals surface area contributed by atoms with Crippen molar-refractivity contribution < 1.29 is 18.6 Å². The second-order valence-electron chi connectivity index (χ2n) is 8.31. The monoisotopic (exact) mass is 362 g/mol. The van der Waals surface area contributed by atoms with Crippen LogP contribution < -0.4 is 0 Å². The Morgan fingerprint density at radius 1 is 0.885 bits per heavy atom. The van der Waals surface area contributed by atoms with Crippen molar-refractivity contribution in [3.8, 4) is 0 Å². The van der Waals surface area contributed by atoms with E-state index >= 15 is 0 Å². The van der Waals surface area contributed by atoms with E-state index in [2.05, 4.69) is 0 Å². The molecule has 1 unspecified atom stereocenters. The molecule has 1 saturated heterocycles. The average molecular weight is 362 g/mol. The van der Waals surface area contributed by atoms with Crippen molar-refractivity contribution in [1.82, 2.24) is 0 Å². The van der Waals surface area contributed by atoms with Crippen LogP contribution >= 0.6 is 0 Å². The summed E-state index contributed by atoms with van der Waals surface area (Å²) in [6, 6.07) is 7.15. The third-order valence-corrected chi connectivity index (χ3v) is 6.59. The molecule has 4 heteroatoms.